The van der Waals surface area contributed by atoms with Crippen LogP contribution in [0.25, 0.3) is 11.1 Å². The van der Waals surface area contributed by atoms with E-state index in [1.807, 2.05) is 31.2 Å². The summed E-state index contributed by atoms with van der Waals surface area (Å²) in [6.07, 6.45) is 0. The van der Waals surface area contributed by atoms with Crippen LogP contribution in [0.3, 0.4) is 0 Å². The number of aromatic nitrogens is 1. The van der Waals surface area contributed by atoms with Crippen molar-refractivity contribution in [3.05, 3.63) is 36.0 Å². The Hall–Kier alpha value is -2.23. The average molecular weight is 244 g/mol. The summed E-state index contributed by atoms with van der Waals surface area (Å²) in [5.41, 5.74) is 8.37. The van der Waals surface area contributed by atoms with Crippen LogP contribution in [0.1, 0.15) is 5.69 Å². The molecule has 2 N–H and O–H groups in total. The molecule has 0 radical (unpaired) electrons. The number of nitrogens with two attached hydrogens (primary N) is 1. The van der Waals surface area contributed by atoms with Gasteiger partial charge in [0.2, 0.25) is 0 Å². The predicted octanol–water partition coefficient (Wildman–Crippen LogP) is 2.66. The van der Waals surface area contributed by atoms with Gasteiger partial charge in [-0.15, -0.1) is 0 Å². The molecule has 0 unspecified atom stereocenters. The molecule has 0 saturated heterocycles. The zero-order valence-electron chi connectivity index (χ0n) is 10.7. The lowest BCUT2D eigenvalue weighted by molar-refractivity contribution is 0.397. The highest BCUT2D eigenvalue weighted by molar-refractivity contribution is 5.78. The van der Waals surface area contributed by atoms with Crippen LogP contribution < -0.4 is 15.2 Å². The van der Waals surface area contributed by atoms with Crippen molar-refractivity contribution in [3.63, 3.8) is 0 Å². The Morgan fingerprint density at radius 2 is 1.61 bits per heavy atom. The molecule has 0 atom stereocenters. The molecule has 0 amide bonds. The van der Waals surface area contributed by atoms with Gasteiger partial charge in [-0.1, -0.05) is 6.07 Å². The second kappa shape index (κ2) is 4.96. The van der Waals surface area contributed by atoms with E-state index >= 15 is 0 Å². The Morgan fingerprint density at radius 1 is 1.00 bits per heavy atom. The lowest BCUT2D eigenvalue weighted by atomic mass is 10.0. The van der Waals surface area contributed by atoms with E-state index in [1.165, 1.54) is 0 Å². The summed E-state index contributed by atoms with van der Waals surface area (Å²) in [4.78, 5) is 4.27. The predicted molar refractivity (Wildman–Crippen MR) is 71.9 cm³/mol. The molecule has 0 aliphatic rings. The molecular weight excluding hydrogens is 228 g/mol. The fourth-order valence-electron chi connectivity index (χ4n) is 1.96. The van der Waals surface area contributed by atoms with Crippen molar-refractivity contribution in [1.82, 2.24) is 4.98 Å². The highest BCUT2D eigenvalue weighted by Crippen LogP contribution is 2.39. The van der Waals surface area contributed by atoms with Crippen molar-refractivity contribution < 1.29 is 9.47 Å². The Labute approximate surface area is 106 Å². The Bertz CT molecular complexity index is 545. The second-order valence-corrected chi connectivity index (χ2v) is 3.91. The molecule has 0 bridgehead atoms. The molecule has 2 aromatic rings. The first-order valence-electron chi connectivity index (χ1n) is 5.62. The van der Waals surface area contributed by atoms with Gasteiger partial charge >= 0.3 is 0 Å². The Kier molecular flexibility index (Phi) is 3.37. The molecule has 4 nitrogen and oxygen atoms in total. The number of hydrogen-bond acceptors (Lipinski definition) is 4. The lowest BCUT2D eigenvalue weighted by Crippen LogP contribution is -1.98. The summed E-state index contributed by atoms with van der Waals surface area (Å²) in [6, 6.07) is 9.38. The summed E-state index contributed by atoms with van der Waals surface area (Å²) in [5, 5.41) is 0. The number of aryl methyl sites for hydroxylation is 1. The number of hydrogen-bond donors (Lipinski definition) is 1. The normalized spacial score (nSPS) is 10.2. The molecule has 0 aliphatic heterocycles. The lowest BCUT2D eigenvalue weighted by Gasteiger charge is -2.14. The number of pyridine rings is 1. The molecule has 4 heteroatoms. The molecule has 0 aliphatic carbocycles. The molecule has 94 valence electrons. The van der Waals surface area contributed by atoms with Crippen LogP contribution >= 0.6 is 0 Å². The first-order chi connectivity index (χ1) is 8.67. The maximum absolute atomic E-state index is 5.67. The first-order valence-corrected chi connectivity index (χ1v) is 5.62. The summed E-state index contributed by atoms with van der Waals surface area (Å²) in [7, 11) is 3.27. The minimum absolute atomic E-state index is 0.505. The van der Waals surface area contributed by atoms with Crippen molar-refractivity contribution in [1.29, 1.82) is 0 Å². The monoisotopic (exact) mass is 244 g/mol. The van der Waals surface area contributed by atoms with Gasteiger partial charge in [0, 0.05) is 11.3 Å². The zero-order chi connectivity index (χ0) is 13.1. The van der Waals surface area contributed by atoms with Crippen LogP contribution in [-0.4, -0.2) is 19.2 Å². The van der Waals surface area contributed by atoms with Crippen molar-refractivity contribution in [2.45, 2.75) is 6.92 Å². The van der Waals surface area contributed by atoms with Gasteiger partial charge in [-0.3, -0.25) is 0 Å². The molecule has 2 rings (SSSR count). The van der Waals surface area contributed by atoms with Crippen molar-refractivity contribution in [3.8, 4) is 22.6 Å². The van der Waals surface area contributed by atoms with Crippen molar-refractivity contribution in [2.24, 2.45) is 0 Å². The van der Waals surface area contributed by atoms with Crippen LogP contribution in [0, 0.1) is 6.92 Å². The molecule has 0 fully saturated rings. The van der Waals surface area contributed by atoms with Crippen molar-refractivity contribution >= 4 is 5.82 Å². The van der Waals surface area contributed by atoms with E-state index in [0.29, 0.717) is 5.82 Å². The smallest absolute Gasteiger partial charge is 0.130 e. The Balaban J connectivity index is 2.68. The molecule has 1 heterocycles. The SMILES string of the molecule is COc1cccc(OC)c1-c1ccc(N)nc1C. The van der Waals surface area contributed by atoms with E-state index in [9.17, 15) is 0 Å². The standard InChI is InChI=1S/C14H16N2O2/c1-9-10(7-8-13(15)16-9)14-11(17-2)5-4-6-12(14)18-3/h4-8H,1-3H3,(H2,15,16). The summed E-state index contributed by atoms with van der Waals surface area (Å²) in [5.74, 6) is 2.01. The second-order valence-electron chi connectivity index (χ2n) is 3.91. The number of rotatable bonds is 3. The van der Waals surface area contributed by atoms with E-state index in [2.05, 4.69) is 4.98 Å². The third kappa shape index (κ3) is 2.09. The van der Waals surface area contributed by atoms with Crippen LogP contribution in [0.5, 0.6) is 11.5 Å². The molecule has 0 saturated carbocycles. The number of nitrogen functional groups attached to an aromatic ring is 1. The number of methoxy groups -OCH3 is 2. The summed E-state index contributed by atoms with van der Waals surface area (Å²) >= 11 is 0. The largest absolute Gasteiger partial charge is 0.496 e. The first kappa shape index (κ1) is 12.2. The van der Waals surface area contributed by atoms with Gasteiger partial charge in [0.05, 0.1) is 19.8 Å². The third-order valence-corrected chi connectivity index (χ3v) is 2.80. The van der Waals surface area contributed by atoms with Crippen molar-refractivity contribution in [2.75, 3.05) is 20.0 Å². The van der Waals surface area contributed by atoms with E-state index in [0.717, 1.165) is 28.3 Å². The average Bonchev–Trinajstić information content (AvgIpc) is 2.38. The molecule has 18 heavy (non-hydrogen) atoms. The van der Waals surface area contributed by atoms with Crippen LogP contribution in [-0.2, 0) is 0 Å². The van der Waals surface area contributed by atoms with Gasteiger partial charge < -0.3 is 15.2 Å². The van der Waals surface area contributed by atoms with E-state index in [4.69, 9.17) is 15.2 Å². The topological polar surface area (TPSA) is 57.4 Å². The quantitative estimate of drug-likeness (QED) is 0.901. The number of benzene rings is 1. The van der Waals surface area contributed by atoms with E-state index in [-0.39, 0.29) is 0 Å². The number of anilines is 1. The number of ether oxygens (including phenoxy) is 2. The van der Waals surface area contributed by atoms with E-state index in [1.54, 1.807) is 20.3 Å². The van der Waals surface area contributed by atoms with Crippen LogP contribution in [0.15, 0.2) is 30.3 Å². The van der Waals surface area contributed by atoms with Gasteiger partial charge in [0.1, 0.15) is 17.3 Å². The molecular formula is C14H16N2O2. The fourth-order valence-corrected chi connectivity index (χ4v) is 1.96. The Morgan fingerprint density at radius 3 is 2.11 bits per heavy atom. The van der Waals surface area contributed by atoms with Gasteiger partial charge in [-0.2, -0.15) is 0 Å². The van der Waals surface area contributed by atoms with Gasteiger partial charge in [0.15, 0.2) is 0 Å². The molecule has 1 aromatic heterocycles. The molecule has 0 spiro atoms. The molecule has 1 aromatic carbocycles. The zero-order valence-corrected chi connectivity index (χ0v) is 10.7. The number of nitrogens with zero attached hydrogens (tertiary/aromatic N) is 1. The third-order valence-electron chi connectivity index (χ3n) is 2.80. The highest BCUT2D eigenvalue weighted by atomic mass is 16.5. The highest BCUT2D eigenvalue weighted by Gasteiger charge is 2.14. The van der Waals surface area contributed by atoms with Gasteiger partial charge in [-0.25, -0.2) is 4.98 Å². The maximum Gasteiger partial charge on any atom is 0.130 e. The van der Waals surface area contributed by atoms with E-state index < -0.39 is 0 Å². The van der Waals surface area contributed by atoms with Gasteiger partial charge in [0.25, 0.3) is 0 Å². The fraction of sp³-hybridized carbons (Fsp3) is 0.214. The maximum atomic E-state index is 5.67. The van der Waals surface area contributed by atoms with Gasteiger partial charge in [-0.05, 0) is 31.2 Å². The minimum Gasteiger partial charge on any atom is -0.496 e. The summed E-state index contributed by atoms with van der Waals surface area (Å²) in [6.45, 7) is 1.91. The van der Waals surface area contributed by atoms with Crippen LogP contribution in [0.2, 0.25) is 0 Å². The summed E-state index contributed by atoms with van der Waals surface area (Å²) < 4.78 is 10.8. The minimum atomic E-state index is 0.505. The van der Waals surface area contributed by atoms with Crippen LogP contribution in [0.4, 0.5) is 5.82 Å².